The van der Waals surface area contributed by atoms with Crippen LogP contribution in [0.5, 0.6) is 11.5 Å². The molecule has 2 aromatic carbocycles. The Kier molecular flexibility index (Phi) is 16.6. The summed E-state index contributed by atoms with van der Waals surface area (Å²) in [6.45, 7) is 27.0. The first-order chi connectivity index (χ1) is 19.0. The van der Waals surface area contributed by atoms with E-state index in [2.05, 4.69) is 107 Å². The van der Waals surface area contributed by atoms with Crippen LogP contribution in [-0.2, 0) is 26.2 Å². The van der Waals surface area contributed by atoms with Crippen LogP contribution >= 0.6 is 23.2 Å². The number of allylic oxidation sites excluding steroid dienone is 8. The Balaban J connectivity index is 0.000000556. The molecule has 0 fully saturated rings. The van der Waals surface area contributed by atoms with Crippen molar-refractivity contribution in [3.63, 3.8) is 0 Å². The van der Waals surface area contributed by atoms with Gasteiger partial charge in [0.1, 0.15) is 11.5 Å². The first kappa shape index (κ1) is 41.5. The van der Waals surface area contributed by atoms with E-state index in [4.69, 9.17) is 33.4 Å². The molecule has 2 nitrogen and oxygen atoms in total. The van der Waals surface area contributed by atoms with Gasteiger partial charge in [-0.15, -0.1) is 0 Å². The van der Waals surface area contributed by atoms with E-state index in [0.717, 1.165) is 12.8 Å². The van der Waals surface area contributed by atoms with Gasteiger partial charge in [0.05, 0.1) is 10.0 Å². The van der Waals surface area contributed by atoms with E-state index in [9.17, 15) is 0 Å². The molecule has 5 heteroatoms. The van der Waals surface area contributed by atoms with E-state index >= 15 is 0 Å². The van der Waals surface area contributed by atoms with Crippen LogP contribution in [0.3, 0.4) is 0 Å². The van der Waals surface area contributed by atoms with Crippen molar-refractivity contribution in [2.45, 2.75) is 95.9 Å². The second kappa shape index (κ2) is 17.2. The Labute approximate surface area is 292 Å². The molecule has 0 amide bonds. The van der Waals surface area contributed by atoms with Gasteiger partial charge in [0, 0.05) is 0 Å². The van der Waals surface area contributed by atoms with Crippen molar-refractivity contribution in [2.24, 2.45) is 21.7 Å². The average molecular weight is 703 g/mol. The van der Waals surface area contributed by atoms with Gasteiger partial charge in [0.25, 0.3) is 0 Å². The smallest absolute Gasteiger partial charge is 0.506 e. The number of hydrogen-bond donors (Lipinski definition) is 2. The molecule has 0 atom stereocenters. The van der Waals surface area contributed by atoms with Crippen LogP contribution in [0.4, 0.5) is 0 Å². The molecule has 4 rings (SSSR count). The fourth-order valence-electron chi connectivity index (χ4n) is 3.82. The maximum absolute atomic E-state index is 8.79. The molecule has 2 aromatic rings. The first-order valence-electron chi connectivity index (χ1n) is 14.6. The van der Waals surface area contributed by atoms with E-state index in [1.165, 1.54) is 22.3 Å². The predicted molar refractivity (Wildman–Crippen MR) is 183 cm³/mol. The minimum Gasteiger partial charge on any atom is -0.506 e. The van der Waals surface area contributed by atoms with Crippen molar-refractivity contribution in [3.8, 4) is 11.5 Å². The normalized spacial score (nSPS) is 14.7. The molecular formula is C38H52Cl2O2Zr. The molecule has 0 spiro atoms. The summed E-state index contributed by atoms with van der Waals surface area (Å²) < 4.78 is 0. The maximum atomic E-state index is 8.79. The van der Waals surface area contributed by atoms with Crippen molar-refractivity contribution < 1.29 is 36.4 Å². The zero-order chi connectivity index (χ0) is 32.5. The molecule has 2 aliphatic rings. The average Bonchev–Trinajstić information content (AvgIpc) is 3.54. The van der Waals surface area contributed by atoms with Crippen LogP contribution in [0.15, 0.2) is 83.0 Å². The molecule has 0 saturated carbocycles. The van der Waals surface area contributed by atoms with Gasteiger partial charge in [-0.3, -0.25) is 0 Å². The molecule has 0 aromatic heterocycles. The second-order valence-electron chi connectivity index (χ2n) is 14.8. The summed E-state index contributed by atoms with van der Waals surface area (Å²) in [4.78, 5) is 0. The minimum absolute atomic E-state index is 0. The van der Waals surface area contributed by atoms with Gasteiger partial charge in [-0.25, -0.2) is 35.5 Å². The summed E-state index contributed by atoms with van der Waals surface area (Å²) in [6.07, 6.45) is 13.9. The van der Waals surface area contributed by atoms with Gasteiger partial charge in [-0.1, -0.05) is 143 Å². The first-order valence-corrected chi connectivity index (χ1v) is 15.3. The third-order valence-corrected chi connectivity index (χ3v) is 7.36. The number of halogens is 2. The van der Waals surface area contributed by atoms with Gasteiger partial charge in [0.15, 0.2) is 0 Å². The molecule has 2 N–H and O–H groups in total. The number of aromatic hydroxyl groups is 2. The van der Waals surface area contributed by atoms with E-state index in [1.807, 2.05) is 0 Å². The van der Waals surface area contributed by atoms with Crippen LogP contribution in [0.25, 0.3) is 0 Å². The summed E-state index contributed by atoms with van der Waals surface area (Å²) in [5.41, 5.74) is 6.71. The second-order valence-corrected chi connectivity index (χ2v) is 15.6. The summed E-state index contributed by atoms with van der Waals surface area (Å²) in [7, 11) is 0. The number of benzene rings is 2. The minimum atomic E-state index is 0. The monoisotopic (exact) mass is 700 g/mol. The quantitative estimate of drug-likeness (QED) is 0.268. The van der Waals surface area contributed by atoms with Crippen LogP contribution in [0, 0.1) is 33.8 Å². The Bertz CT molecular complexity index is 1150. The Morgan fingerprint density at radius 1 is 0.512 bits per heavy atom. The van der Waals surface area contributed by atoms with Gasteiger partial charge >= 0.3 is 26.2 Å². The standard InChI is InChI=1S/2C13H21.2C6H5ClO.Zr/c2*1-12(2,3)10-7-8-11(9-10)13(4,5)6;2*7-5-3-1-2-4-6(5)8;/h2*7H,8H2,1-6H3;2*1-4,8H;/q2*-1;;;+2. The maximum Gasteiger partial charge on any atom is 2.00 e. The third-order valence-electron chi connectivity index (χ3n) is 6.72. The number of hydrogen-bond acceptors (Lipinski definition) is 2. The molecule has 0 bridgehead atoms. The van der Waals surface area contributed by atoms with Gasteiger partial charge in [-0.2, -0.15) is 11.1 Å². The van der Waals surface area contributed by atoms with E-state index in [1.54, 1.807) is 48.5 Å². The molecule has 43 heavy (non-hydrogen) atoms. The largest absolute Gasteiger partial charge is 2.00 e. The van der Waals surface area contributed by atoms with Crippen LogP contribution in [0.2, 0.25) is 10.0 Å². The molecule has 0 saturated heterocycles. The predicted octanol–water partition coefficient (Wildman–Crippen LogP) is 12.4. The Morgan fingerprint density at radius 3 is 0.930 bits per heavy atom. The summed E-state index contributed by atoms with van der Waals surface area (Å²) in [5, 5.41) is 18.4. The summed E-state index contributed by atoms with van der Waals surface area (Å²) in [5.74, 6) is 0.267. The molecular weight excluding hydrogens is 651 g/mol. The van der Waals surface area contributed by atoms with Crippen LogP contribution in [0.1, 0.15) is 95.9 Å². The van der Waals surface area contributed by atoms with E-state index < -0.39 is 0 Å². The fraction of sp³-hybridized carbons (Fsp3) is 0.474. The Morgan fingerprint density at radius 2 is 0.791 bits per heavy atom. The van der Waals surface area contributed by atoms with Crippen molar-refractivity contribution in [1.82, 2.24) is 0 Å². The fourth-order valence-corrected chi connectivity index (χ4v) is 4.09. The number of phenols is 2. The summed E-state index contributed by atoms with van der Waals surface area (Å²) in [6, 6.07) is 13.3. The number of phenolic OH excluding ortho intramolecular Hbond substituents is 2. The zero-order valence-corrected chi connectivity index (χ0v) is 32.3. The molecule has 0 aliphatic heterocycles. The van der Waals surface area contributed by atoms with Crippen LogP contribution < -0.4 is 0 Å². The Hall–Kier alpha value is -1.54. The van der Waals surface area contributed by atoms with Gasteiger partial charge < -0.3 is 10.2 Å². The molecule has 0 unspecified atom stereocenters. The number of rotatable bonds is 0. The SMILES string of the molecule is CC(C)(C)C1=[C-]C(C(C)(C)C)=CC1.CC(C)(C)C1=[C-]C(C(C)(C)C)=CC1.Oc1ccccc1Cl.Oc1ccccc1Cl.[Zr+2]. The van der Waals surface area contributed by atoms with Crippen molar-refractivity contribution in [3.05, 3.63) is 105 Å². The third kappa shape index (κ3) is 15.3. The topological polar surface area (TPSA) is 40.5 Å². The number of para-hydroxylation sites is 2. The van der Waals surface area contributed by atoms with Crippen molar-refractivity contribution >= 4 is 23.2 Å². The van der Waals surface area contributed by atoms with E-state index in [0.29, 0.717) is 10.0 Å². The van der Waals surface area contributed by atoms with Crippen molar-refractivity contribution in [1.29, 1.82) is 0 Å². The molecule has 0 radical (unpaired) electrons. The van der Waals surface area contributed by atoms with E-state index in [-0.39, 0.29) is 59.4 Å². The van der Waals surface area contributed by atoms with Crippen LogP contribution in [-0.4, -0.2) is 10.2 Å². The van der Waals surface area contributed by atoms with Gasteiger partial charge in [-0.05, 0) is 45.9 Å². The van der Waals surface area contributed by atoms with Crippen molar-refractivity contribution in [2.75, 3.05) is 0 Å². The zero-order valence-electron chi connectivity index (χ0n) is 28.3. The molecule has 234 valence electrons. The summed E-state index contributed by atoms with van der Waals surface area (Å²) >= 11 is 10.9. The van der Waals surface area contributed by atoms with Gasteiger partial charge in [0.2, 0.25) is 0 Å². The molecule has 2 aliphatic carbocycles. The molecule has 0 heterocycles.